The molecule has 2 N–H and O–H groups in total. The lowest BCUT2D eigenvalue weighted by Crippen LogP contribution is -2.70. The van der Waals surface area contributed by atoms with E-state index in [1.54, 1.807) is 47.4 Å². The normalized spacial score (nSPS) is 21.8. The van der Waals surface area contributed by atoms with Gasteiger partial charge in [0.15, 0.2) is 6.29 Å². The molecule has 3 aliphatic rings. The molecular formula is C56H59N3O11. The molecule has 1 fully saturated rings. The highest BCUT2D eigenvalue weighted by Crippen LogP contribution is 2.62. The van der Waals surface area contributed by atoms with Gasteiger partial charge in [0.05, 0.1) is 35.8 Å². The van der Waals surface area contributed by atoms with E-state index in [0.717, 1.165) is 59.4 Å². The van der Waals surface area contributed by atoms with E-state index in [1.165, 1.54) is 32.4 Å². The summed E-state index contributed by atoms with van der Waals surface area (Å²) in [5.41, 5.74) is 4.13. The van der Waals surface area contributed by atoms with Gasteiger partial charge in [-0.05, 0) is 120 Å². The Balaban J connectivity index is 1.34. The summed E-state index contributed by atoms with van der Waals surface area (Å²) in [6.07, 6.45) is 12.2. The highest BCUT2D eigenvalue weighted by Gasteiger charge is 2.65. The first-order chi connectivity index (χ1) is 34.2. The molecule has 1 aliphatic heterocycles. The van der Waals surface area contributed by atoms with Crippen LogP contribution in [0.15, 0.2) is 139 Å². The molecule has 2 aliphatic carbocycles. The van der Waals surface area contributed by atoms with Gasteiger partial charge in [0.25, 0.3) is 5.69 Å². The zero-order valence-corrected chi connectivity index (χ0v) is 39.5. The summed E-state index contributed by atoms with van der Waals surface area (Å²) < 4.78 is 26.5. The van der Waals surface area contributed by atoms with Crippen molar-refractivity contribution in [1.29, 1.82) is 0 Å². The SMILES string of the molecule is C=CCOC12Oc3ccc(Oc4ccc(OC)c(C=O)c4)cc3C3C(CCCCO)C(CCCCO)C=C(C(=NOC)CC1N(Cc1cccc4ccccc14)C(=O)C=Cc1ccc([N+](=O)[O-])cc1)C32. The monoisotopic (exact) mass is 949 g/mol. The quantitative estimate of drug-likeness (QED) is 0.0168. The van der Waals surface area contributed by atoms with Crippen molar-refractivity contribution in [3.8, 4) is 23.0 Å². The van der Waals surface area contributed by atoms with E-state index in [4.69, 9.17) is 28.9 Å². The van der Waals surface area contributed by atoms with Crippen molar-refractivity contribution in [2.45, 2.75) is 69.2 Å². The Morgan fingerprint density at radius 1 is 0.943 bits per heavy atom. The lowest BCUT2D eigenvalue weighted by Gasteiger charge is -2.60. The van der Waals surface area contributed by atoms with Crippen molar-refractivity contribution in [2.24, 2.45) is 22.9 Å². The first-order valence-corrected chi connectivity index (χ1v) is 23.8. The summed E-state index contributed by atoms with van der Waals surface area (Å²) >= 11 is 0. The minimum absolute atomic E-state index is 0.00233. The number of oxime groups is 1. The number of nitro benzene ring substituents is 1. The summed E-state index contributed by atoms with van der Waals surface area (Å²) in [7, 11) is 3.01. The Bertz CT molecular complexity index is 2780. The Morgan fingerprint density at radius 3 is 2.41 bits per heavy atom. The molecule has 6 atom stereocenters. The summed E-state index contributed by atoms with van der Waals surface area (Å²) in [5.74, 6) is -0.950. The van der Waals surface area contributed by atoms with E-state index in [0.29, 0.717) is 52.7 Å². The molecule has 0 spiro atoms. The summed E-state index contributed by atoms with van der Waals surface area (Å²) in [4.78, 5) is 45.8. The van der Waals surface area contributed by atoms with Crippen molar-refractivity contribution in [3.63, 3.8) is 0 Å². The van der Waals surface area contributed by atoms with E-state index >= 15 is 4.79 Å². The number of methoxy groups -OCH3 is 1. The number of unbranched alkanes of at least 4 members (excludes halogenated alkanes) is 2. The van der Waals surface area contributed by atoms with Gasteiger partial charge in [-0.25, -0.2) is 0 Å². The van der Waals surface area contributed by atoms with E-state index in [-0.39, 0.29) is 62.1 Å². The Kier molecular flexibility index (Phi) is 15.9. The standard InChI is InChI=1S/C56H59N3O11/c1-4-30-68-56-52(58(35-40-15-11-14-38-12-5-6-16-45(38)40)53(63)27-20-37-18-21-42(22-19-37)59(64)65)34-49(57-67-3)47-32-39(13-7-9-28-60)46(17-8-10-29-61)54(55(47)56)48-33-44(24-26-51(48)70-56)69-43-23-25-50(66-2)41(31-43)36-62/h4-6,11-12,14-16,18-27,31-33,36,39,46,52,54-55,60-61H,1,7-10,13,17,28-30,34-35H2,2-3H3. The van der Waals surface area contributed by atoms with Gasteiger partial charge in [-0.2, -0.15) is 0 Å². The average molecular weight is 950 g/mol. The number of hydrogen-bond acceptors (Lipinski definition) is 12. The number of hydrogen-bond donors (Lipinski definition) is 2. The number of rotatable bonds is 22. The number of aliphatic hydroxyl groups excluding tert-OH is 2. The minimum atomic E-state index is -1.55. The van der Waals surface area contributed by atoms with Crippen LogP contribution < -0.4 is 14.2 Å². The maximum atomic E-state index is 15.3. The molecule has 14 nitrogen and oxygen atoms in total. The van der Waals surface area contributed by atoms with Crippen LogP contribution in [0.2, 0.25) is 0 Å². The number of carbonyl (C=O) groups is 2. The lowest BCUT2D eigenvalue weighted by molar-refractivity contribution is -0.384. The molecule has 0 aromatic heterocycles. The van der Waals surface area contributed by atoms with Crippen LogP contribution in [0.5, 0.6) is 23.0 Å². The number of amides is 1. The number of benzene rings is 5. The van der Waals surface area contributed by atoms with Gasteiger partial charge >= 0.3 is 0 Å². The first-order valence-electron chi connectivity index (χ1n) is 23.8. The van der Waals surface area contributed by atoms with Gasteiger partial charge in [0, 0.05) is 55.9 Å². The molecule has 0 radical (unpaired) electrons. The van der Waals surface area contributed by atoms with Crippen LogP contribution >= 0.6 is 0 Å². The fourth-order valence-electron chi connectivity index (χ4n) is 10.8. The van der Waals surface area contributed by atoms with Crippen LogP contribution in [-0.2, 0) is 20.9 Å². The maximum Gasteiger partial charge on any atom is 0.269 e. The fraction of sp³-hybridized carbons (Fsp3) is 0.339. The molecule has 5 aromatic carbocycles. The second-order valence-electron chi connectivity index (χ2n) is 17.9. The van der Waals surface area contributed by atoms with Crippen molar-refractivity contribution in [3.05, 3.63) is 166 Å². The van der Waals surface area contributed by atoms with E-state index in [2.05, 4.69) is 12.7 Å². The fourth-order valence-corrected chi connectivity index (χ4v) is 10.8. The van der Waals surface area contributed by atoms with Crippen molar-refractivity contribution < 1.29 is 48.5 Å². The predicted octanol–water partition coefficient (Wildman–Crippen LogP) is 10.4. The number of carbonyl (C=O) groups excluding carboxylic acids is 2. The van der Waals surface area contributed by atoms with Crippen LogP contribution in [0.3, 0.4) is 0 Å². The molecule has 1 heterocycles. The number of non-ortho nitro benzene ring substituents is 1. The Morgan fingerprint density at radius 2 is 1.69 bits per heavy atom. The zero-order valence-electron chi connectivity index (χ0n) is 39.5. The van der Waals surface area contributed by atoms with Crippen LogP contribution in [0, 0.1) is 27.9 Å². The average Bonchev–Trinajstić information content (AvgIpc) is 3.38. The van der Waals surface area contributed by atoms with Crippen molar-refractivity contribution >= 4 is 40.4 Å². The first kappa shape index (κ1) is 49.3. The van der Waals surface area contributed by atoms with Crippen LogP contribution in [0.4, 0.5) is 5.69 Å². The third-order valence-corrected chi connectivity index (χ3v) is 13.8. The maximum absolute atomic E-state index is 15.3. The molecule has 1 amide bonds. The number of nitro groups is 1. The Labute approximate surface area is 407 Å². The summed E-state index contributed by atoms with van der Waals surface area (Å²) in [6, 6.07) is 29.9. The summed E-state index contributed by atoms with van der Waals surface area (Å²) in [5, 5.41) is 38.2. The molecule has 6 unspecified atom stereocenters. The number of aldehydes is 1. The molecule has 0 saturated heterocycles. The second kappa shape index (κ2) is 22.5. The largest absolute Gasteiger partial charge is 0.496 e. The summed E-state index contributed by atoms with van der Waals surface area (Å²) in [6.45, 7) is 4.37. The van der Waals surface area contributed by atoms with Crippen LogP contribution in [-0.4, -0.2) is 83.8 Å². The van der Waals surface area contributed by atoms with Crippen molar-refractivity contribution in [1.82, 2.24) is 4.90 Å². The predicted molar refractivity (Wildman–Crippen MR) is 267 cm³/mol. The van der Waals surface area contributed by atoms with Gasteiger partial charge in [-0.3, -0.25) is 19.7 Å². The molecule has 14 heteroatoms. The molecule has 5 aromatic rings. The smallest absolute Gasteiger partial charge is 0.269 e. The highest BCUT2D eigenvalue weighted by atomic mass is 16.7. The highest BCUT2D eigenvalue weighted by molar-refractivity contribution is 6.03. The minimum Gasteiger partial charge on any atom is -0.496 e. The molecule has 70 heavy (non-hydrogen) atoms. The third-order valence-electron chi connectivity index (χ3n) is 13.8. The van der Waals surface area contributed by atoms with E-state index in [9.17, 15) is 25.1 Å². The Hall–Kier alpha value is -7.13. The number of ether oxygens (including phenoxy) is 4. The third kappa shape index (κ3) is 10.3. The number of fused-ring (bicyclic) bond motifs is 3. The molecular weight excluding hydrogens is 891 g/mol. The van der Waals surface area contributed by atoms with E-state index < -0.39 is 22.7 Å². The molecule has 8 rings (SSSR count). The number of allylic oxidation sites excluding steroid dienone is 1. The molecule has 1 saturated carbocycles. The molecule has 0 bridgehead atoms. The zero-order chi connectivity index (χ0) is 49.2. The van der Waals surface area contributed by atoms with E-state index in [1.807, 2.05) is 60.7 Å². The molecule has 364 valence electrons. The lowest BCUT2D eigenvalue weighted by atomic mass is 9.55. The number of aliphatic hydroxyl groups is 2. The van der Waals surface area contributed by atoms with Gasteiger partial charge in [-0.1, -0.05) is 72.6 Å². The van der Waals surface area contributed by atoms with Gasteiger partial charge in [-0.15, -0.1) is 6.58 Å². The number of nitrogens with zero attached hydrogens (tertiary/aromatic N) is 3. The van der Waals surface area contributed by atoms with Crippen LogP contribution in [0.25, 0.3) is 16.8 Å². The topological polar surface area (TPSA) is 179 Å². The van der Waals surface area contributed by atoms with Gasteiger partial charge < -0.3 is 38.9 Å². The second-order valence-corrected chi connectivity index (χ2v) is 17.9. The van der Waals surface area contributed by atoms with Crippen LogP contribution in [0.1, 0.15) is 77.9 Å². The van der Waals surface area contributed by atoms with Gasteiger partial charge in [0.1, 0.15) is 36.1 Å². The van der Waals surface area contributed by atoms with Gasteiger partial charge in [0.2, 0.25) is 11.7 Å². The van der Waals surface area contributed by atoms with Crippen molar-refractivity contribution in [2.75, 3.05) is 34.0 Å².